The maximum atomic E-state index is 5.69. The third-order valence-corrected chi connectivity index (χ3v) is 5.04. The molecule has 2 aromatic rings. The lowest BCUT2D eigenvalue weighted by Crippen LogP contribution is -2.31. The molecule has 3 nitrogen and oxygen atoms in total. The van der Waals surface area contributed by atoms with Crippen LogP contribution in [0.3, 0.4) is 0 Å². The molecular weight excluding hydrogens is 268 g/mol. The average Bonchev–Trinajstić information content (AvgIpc) is 2.97. The lowest BCUT2D eigenvalue weighted by Gasteiger charge is -2.28. The Morgan fingerprint density at radius 1 is 1.45 bits per heavy atom. The monoisotopic (exact) mass is 288 g/mol. The van der Waals surface area contributed by atoms with E-state index in [4.69, 9.17) is 4.74 Å². The number of aryl methyl sites for hydroxylation is 1. The van der Waals surface area contributed by atoms with Gasteiger partial charge >= 0.3 is 0 Å². The number of ether oxygens (including phenoxy) is 1. The molecule has 0 saturated heterocycles. The Labute approximate surface area is 124 Å². The van der Waals surface area contributed by atoms with Crippen molar-refractivity contribution >= 4 is 11.3 Å². The molecule has 4 heteroatoms. The van der Waals surface area contributed by atoms with Gasteiger partial charge in [0.1, 0.15) is 5.01 Å². The first-order chi connectivity index (χ1) is 9.78. The molecule has 20 heavy (non-hydrogen) atoms. The van der Waals surface area contributed by atoms with E-state index in [9.17, 15) is 0 Å². The Morgan fingerprint density at radius 2 is 2.30 bits per heavy atom. The Hall–Kier alpha value is -1.23. The number of thiazole rings is 1. The second-order valence-electron chi connectivity index (χ2n) is 5.17. The van der Waals surface area contributed by atoms with Crippen LogP contribution in [0.15, 0.2) is 30.5 Å². The molecule has 1 aliphatic heterocycles. The summed E-state index contributed by atoms with van der Waals surface area (Å²) in [6.45, 7) is 5.80. The molecule has 3 rings (SSSR count). The van der Waals surface area contributed by atoms with Crippen LogP contribution in [0, 0.1) is 0 Å². The zero-order chi connectivity index (χ0) is 13.9. The number of hydrogen-bond donors (Lipinski definition) is 1. The zero-order valence-electron chi connectivity index (χ0n) is 11.9. The summed E-state index contributed by atoms with van der Waals surface area (Å²) in [6.07, 6.45) is 3.04. The number of nitrogens with one attached hydrogen (secondary N) is 1. The predicted octanol–water partition coefficient (Wildman–Crippen LogP) is 3.63. The SMILES string of the molecule is CCc1cnc(C(C)NC2COCc3ccccc32)s1. The first kappa shape index (κ1) is 13.7. The van der Waals surface area contributed by atoms with E-state index in [0.717, 1.165) is 24.6 Å². The highest BCUT2D eigenvalue weighted by Crippen LogP contribution is 2.28. The van der Waals surface area contributed by atoms with Crippen LogP contribution >= 0.6 is 11.3 Å². The van der Waals surface area contributed by atoms with Crippen LogP contribution in [0.5, 0.6) is 0 Å². The van der Waals surface area contributed by atoms with E-state index in [1.807, 2.05) is 6.20 Å². The minimum absolute atomic E-state index is 0.250. The predicted molar refractivity (Wildman–Crippen MR) is 81.9 cm³/mol. The molecule has 0 saturated carbocycles. The highest BCUT2D eigenvalue weighted by molar-refractivity contribution is 7.11. The largest absolute Gasteiger partial charge is 0.375 e. The number of rotatable bonds is 4. The van der Waals surface area contributed by atoms with Crippen molar-refractivity contribution in [3.63, 3.8) is 0 Å². The zero-order valence-corrected chi connectivity index (χ0v) is 12.7. The van der Waals surface area contributed by atoms with Gasteiger partial charge in [-0.3, -0.25) is 5.32 Å². The normalized spacial score (nSPS) is 19.6. The van der Waals surface area contributed by atoms with E-state index < -0.39 is 0 Å². The van der Waals surface area contributed by atoms with Gasteiger partial charge in [0, 0.05) is 11.1 Å². The van der Waals surface area contributed by atoms with Crippen molar-refractivity contribution in [2.24, 2.45) is 0 Å². The molecule has 0 aliphatic carbocycles. The number of benzene rings is 1. The minimum Gasteiger partial charge on any atom is -0.375 e. The third kappa shape index (κ3) is 2.77. The van der Waals surface area contributed by atoms with Crippen molar-refractivity contribution in [2.75, 3.05) is 6.61 Å². The highest BCUT2D eigenvalue weighted by Gasteiger charge is 2.23. The molecule has 1 aliphatic rings. The van der Waals surface area contributed by atoms with Crippen LogP contribution in [-0.4, -0.2) is 11.6 Å². The summed E-state index contributed by atoms with van der Waals surface area (Å²) < 4.78 is 5.69. The third-order valence-electron chi connectivity index (χ3n) is 3.71. The molecule has 2 atom stereocenters. The number of hydrogen-bond acceptors (Lipinski definition) is 4. The molecule has 1 aromatic carbocycles. The molecule has 2 unspecified atom stereocenters. The average molecular weight is 288 g/mol. The molecule has 0 bridgehead atoms. The smallest absolute Gasteiger partial charge is 0.109 e. The van der Waals surface area contributed by atoms with Crippen LogP contribution in [0.1, 0.15) is 46.9 Å². The van der Waals surface area contributed by atoms with Crippen LogP contribution in [-0.2, 0) is 17.8 Å². The van der Waals surface area contributed by atoms with Crippen LogP contribution in [0.4, 0.5) is 0 Å². The fourth-order valence-electron chi connectivity index (χ4n) is 2.58. The standard InChI is InChI=1S/C16H20N2OS/c1-3-13-8-17-16(20-13)11(2)18-15-10-19-9-12-6-4-5-7-14(12)15/h4-8,11,15,18H,3,9-10H2,1-2H3. The van der Waals surface area contributed by atoms with Gasteiger partial charge in [-0.05, 0) is 24.5 Å². The van der Waals surface area contributed by atoms with E-state index in [1.165, 1.54) is 16.0 Å². The fourth-order valence-corrected chi connectivity index (χ4v) is 3.45. The molecule has 0 spiro atoms. The second kappa shape index (κ2) is 6.04. The Morgan fingerprint density at radius 3 is 3.10 bits per heavy atom. The molecule has 0 fully saturated rings. The summed E-state index contributed by atoms with van der Waals surface area (Å²) in [5.41, 5.74) is 2.65. The maximum absolute atomic E-state index is 5.69. The van der Waals surface area contributed by atoms with Gasteiger partial charge in [0.25, 0.3) is 0 Å². The van der Waals surface area contributed by atoms with Gasteiger partial charge in [0.05, 0.1) is 25.3 Å². The van der Waals surface area contributed by atoms with Crippen molar-refractivity contribution in [2.45, 2.75) is 39.0 Å². The van der Waals surface area contributed by atoms with Crippen molar-refractivity contribution in [3.8, 4) is 0 Å². The summed E-state index contributed by atoms with van der Waals surface area (Å²) >= 11 is 1.80. The van der Waals surface area contributed by atoms with Crippen molar-refractivity contribution in [1.82, 2.24) is 10.3 Å². The van der Waals surface area contributed by atoms with Crippen LogP contribution in [0.25, 0.3) is 0 Å². The van der Waals surface area contributed by atoms with Gasteiger partial charge in [0.2, 0.25) is 0 Å². The fraction of sp³-hybridized carbons (Fsp3) is 0.438. The molecule has 106 valence electrons. The van der Waals surface area contributed by atoms with Crippen molar-refractivity contribution in [3.05, 3.63) is 51.5 Å². The van der Waals surface area contributed by atoms with E-state index in [2.05, 4.69) is 48.4 Å². The molecule has 0 radical (unpaired) electrons. The summed E-state index contributed by atoms with van der Waals surface area (Å²) in [5, 5.41) is 4.81. The van der Waals surface area contributed by atoms with Crippen LogP contribution in [0.2, 0.25) is 0 Å². The second-order valence-corrected chi connectivity index (χ2v) is 6.32. The van der Waals surface area contributed by atoms with E-state index >= 15 is 0 Å². The minimum atomic E-state index is 0.250. The van der Waals surface area contributed by atoms with E-state index in [-0.39, 0.29) is 12.1 Å². The van der Waals surface area contributed by atoms with E-state index in [1.54, 1.807) is 11.3 Å². The summed E-state index contributed by atoms with van der Waals surface area (Å²) in [6, 6.07) is 9.02. The van der Waals surface area contributed by atoms with Gasteiger partial charge in [-0.1, -0.05) is 31.2 Å². The Bertz CT molecular complexity index is 581. The number of nitrogens with zero attached hydrogens (tertiary/aromatic N) is 1. The first-order valence-corrected chi connectivity index (χ1v) is 7.95. The molecular formula is C16H20N2OS. The van der Waals surface area contributed by atoms with Gasteiger partial charge in [-0.15, -0.1) is 11.3 Å². The Balaban J connectivity index is 1.75. The summed E-state index contributed by atoms with van der Waals surface area (Å²) in [7, 11) is 0. The Kier molecular flexibility index (Phi) is 4.15. The molecule has 2 heterocycles. The van der Waals surface area contributed by atoms with Gasteiger partial charge in [0.15, 0.2) is 0 Å². The molecule has 1 aromatic heterocycles. The molecule has 0 amide bonds. The van der Waals surface area contributed by atoms with Crippen LogP contribution < -0.4 is 5.32 Å². The van der Waals surface area contributed by atoms with Gasteiger partial charge in [-0.2, -0.15) is 0 Å². The van der Waals surface area contributed by atoms with E-state index in [0.29, 0.717) is 0 Å². The van der Waals surface area contributed by atoms with Crippen molar-refractivity contribution < 1.29 is 4.74 Å². The topological polar surface area (TPSA) is 34.2 Å². The first-order valence-electron chi connectivity index (χ1n) is 7.14. The number of aromatic nitrogens is 1. The summed E-state index contributed by atoms with van der Waals surface area (Å²) in [5.74, 6) is 0. The summed E-state index contributed by atoms with van der Waals surface area (Å²) in [4.78, 5) is 5.87. The highest BCUT2D eigenvalue weighted by atomic mass is 32.1. The maximum Gasteiger partial charge on any atom is 0.109 e. The lowest BCUT2D eigenvalue weighted by molar-refractivity contribution is 0.0791. The number of fused-ring (bicyclic) bond motifs is 1. The van der Waals surface area contributed by atoms with Crippen molar-refractivity contribution in [1.29, 1.82) is 0 Å². The molecule has 1 N–H and O–H groups in total. The van der Waals surface area contributed by atoms with Gasteiger partial charge < -0.3 is 4.74 Å². The quantitative estimate of drug-likeness (QED) is 0.933. The van der Waals surface area contributed by atoms with Gasteiger partial charge in [-0.25, -0.2) is 4.98 Å². The lowest BCUT2D eigenvalue weighted by atomic mass is 9.98.